The highest BCUT2D eigenvalue weighted by molar-refractivity contribution is 9.10. The Labute approximate surface area is 102 Å². The molecule has 0 aromatic heterocycles. The summed E-state index contributed by atoms with van der Waals surface area (Å²) >= 11 is 3.36. The summed E-state index contributed by atoms with van der Waals surface area (Å²) in [7, 11) is 0. The predicted molar refractivity (Wildman–Crippen MR) is 63.9 cm³/mol. The van der Waals surface area contributed by atoms with Gasteiger partial charge in [-0.05, 0) is 40.5 Å². The molecule has 2 N–H and O–H groups in total. The average Bonchev–Trinajstić information content (AvgIpc) is 2.73. The molecule has 1 heterocycles. The lowest BCUT2D eigenvalue weighted by Gasteiger charge is -2.13. The molecular formula is C11H12BrNO3. The van der Waals surface area contributed by atoms with E-state index in [2.05, 4.69) is 21.2 Å². The number of rotatable bonds is 3. The topological polar surface area (TPSA) is 58.6 Å². The number of halogens is 1. The van der Waals surface area contributed by atoms with Gasteiger partial charge in [0.25, 0.3) is 0 Å². The van der Waals surface area contributed by atoms with Gasteiger partial charge in [0.1, 0.15) is 0 Å². The Balaban J connectivity index is 2.12. The summed E-state index contributed by atoms with van der Waals surface area (Å²) in [5.41, 5.74) is 1.18. The summed E-state index contributed by atoms with van der Waals surface area (Å²) in [6, 6.07) is 5.27. The van der Waals surface area contributed by atoms with Gasteiger partial charge in [-0.15, -0.1) is 0 Å². The maximum atomic E-state index is 10.7. The van der Waals surface area contributed by atoms with Crippen molar-refractivity contribution >= 4 is 27.6 Å². The highest BCUT2D eigenvalue weighted by atomic mass is 79.9. The molecule has 1 aromatic rings. The van der Waals surface area contributed by atoms with Gasteiger partial charge in [-0.3, -0.25) is 0 Å². The molecule has 5 heteroatoms. The standard InChI is InChI=1S/C11H12BrNO3/c12-9-5-7(11(14)15)1-2-10(9)13-8-3-4-16-6-8/h1-2,5,8,13H,3-4,6H2,(H,14,15)/t8-/m1/s1. The van der Waals surface area contributed by atoms with E-state index < -0.39 is 5.97 Å². The Kier molecular flexibility index (Phi) is 3.46. The molecule has 0 radical (unpaired) electrons. The number of benzene rings is 1. The molecule has 2 rings (SSSR count). The fraction of sp³-hybridized carbons (Fsp3) is 0.364. The van der Waals surface area contributed by atoms with Crippen molar-refractivity contribution in [2.45, 2.75) is 12.5 Å². The van der Waals surface area contributed by atoms with Crippen molar-refractivity contribution in [3.05, 3.63) is 28.2 Å². The average molecular weight is 286 g/mol. The van der Waals surface area contributed by atoms with Gasteiger partial charge in [0.15, 0.2) is 0 Å². The quantitative estimate of drug-likeness (QED) is 0.895. The molecule has 1 saturated heterocycles. The number of carboxylic acids is 1. The van der Waals surface area contributed by atoms with Crippen LogP contribution in [0.2, 0.25) is 0 Å². The molecule has 0 unspecified atom stereocenters. The second-order valence-electron chi connectivity index (χ2n) is 3.70. The van der Waals surface area contributed by atoms with E-state index in [4.69, 9.17) is 9.84 Å². The van der Waals surface area contributed by atoms with E-state index >= 15 is 0 Å². The molecule has 1 aliphatic heterocycles. The minimum Gasteiger partial charge on any atom is -0.478 e. The van der Waals surface area contributed by atoms with E-state index in [-0.39, 0.29) is 5.56 Å². The van der Waals surface area contributed by atoms with Crippen LogP contribution in [0.5, 0.6) is 0 Å². The number of anilines is 1. The second kappa shape index (κ2) is 4.84. The van der Waals surface area contributed by atoms with Gasteiger partial charge in [0, 0.05) is 16.8 Å². The molecule has 1 fully saturated rings. The number of hydrogen-bond acceptors (Lipinski definition) is 3. The third-order valence-electron chi connectivity index (χ3n) is 2.51. The zero-order chi connectivity index (χ0) is 11.5. The minimum absolute atomic E-state index is 0.278. The maximum Gasteiger partial charge on any atom is 0.335 e. The van der Waals surface area contributed by atoms with Crippen LogP contribution < -0.4 is 5.32 Å². The number of nitrogens with one attached hydrogen (secondary N) is 1. The molecular weight excluding hydrogens is 274 g/mol. The van der Waals surface area contributed by atoms with E-state index in [1.807, 2.05) is 0 Å². The van der Waals surface area contributed by atoms with Crippen molar-refractivity contribution in [1.82, 2.24) is 0 Å². The summed E-state index contributed by atoms with van der Waals surface area (Å²) in [6.07, 6.45) is 0.979. The van der Waals surface area contributed by atoms with E-state index in [1.165, 1.54) is 0 Å². The SMILES string of the molecule is O=C(O)c1ccc(N[C@@H]2CCOC2)c(Br)c1. The summed E-state index contributed by atoms with van der Waals surface area (Å²) in [6.45, 7) is 1.48. The van der Waals surface area contributed by atoms with Crippen molar-refractivity contribution in [1.29, 1.82) is 0 Å². The molecule has 86 valence electrons. The molecule has 0 aliphatic carbocycles. The largest absolute Gasteiger partial charge is 0.478 e. The van der Waals surface area contributed by atoms with Crippen LogP contribution in [-0.2, 0) is 4.74 Å². The van der Waals surface area contributed by atoms with Crippen molar-refractivity contribution in [3.8, 4) is 0 Å². The lowest BCUT2D eigenvalue weighted by Crippen LogP contribution is -2.19. The highest BCUT2D eigenvalue weighted by Gasteiger charge is 2.16. The molecule has 1 atom stereocenters. The molecule has 0 amide bonds. The number of hydrogen-bond donors (Lipinski definition) is 2. The van der Waals surface area contributed by atoms with Crippen LogP contribution in [-0.4, -0.2) is 30.3 Å². The van der Waals surface area contributed by atoms with Crippen LogP contribution in [0.15, 0.2) is 22.7 Å². The summed E-state index contributed by atoms with van der Waals surface area (Å²) in [5, 5.41) is 12.1. The molecule has 0 saturated carbocycles. The Morgan fingerprint density at radius 2 is 2.38 bits per heavy atom. The van der Waals surface area contributed by atoms with Crippen LogP contribution in [0.4, 0.5) is 5.69 Å². The Bertz CT molecular complexity index is 402. The van der Waals surface area contributed by atoms with Gasteiger partial charge >= 0.3 is 5.97 Å². The van der Waals surface area contributed by atoms with Crippen LogP contribution in [0.1, 0.15) is 16.8 Å². The molecule has 1 aliphatic rings. The van der Waals surface area contributed by atoms with Crippen molar-refractivity contribution in [3.63, 3.8) is 0 Å². The van der Waals surface area contributed by atoms with Crippen LogP contribution in [0, 0.1) is 0 Å². The predicted octanol–water partition coefficient (Wildman–Crippen LogP) is 2.35. The van der Waals surface area contributed by atoms with E-state index in [1.54, 1.807) is 18.2 Å². The third-order valence-corrected chi connectivity index (χ3v) is 3.16. The van der Waals surface area contributed by atoms with Gasteiger partial charge in [-0.25, -0.2) is 4.79 Å². The first-order valence-electron chi connectivity index (χ1n) is 5.04. The Morgan fingerprint density at radius 1 is 1.56 bits per heavy atom. The zero-order valence-corrected chi connectivity index (χ0v) is 10.2. The fourth-order valence-electron chi connectivity index (χ4n) is 1.63. The second-order valence-corrected chi connectivity index (χ2v) is 4.56. The first-order valence-corrected chi connectivity index (χ1v) is 5.83. The molecule has 0 bridgehead atoms. The van der Waals surface area contributed by atoms with Crippen molar-refractivity contribution in [2.24, 2.45) is 0 Å². The normalized spacial score (nSPS) is 19.7. The van der Waals surface area contributed by atoms with E-state index in [0.29, 0.717) is 12.6 Å². The van der Waals surface area contributed by atoms with Crippen molar-refractivity contribution < 1.29 is 14.6 Å². The van der Waals surface area contributed by atoms with E-state index in [9.17, 15) is 4.79 Å². The number of ether oxygens (including phenoxy) is 1. The van der Waals surface area contributed by atoms with Crippen LogP contribution in [0.25, 0.3) is 0 Å². The van der Waals surface area contributed by atoms with Crippen LogP contribution >= 0.6 is 15.9 Å². The van der Waals surface area contributed by atoms with Gasteiger partial charge in [0.05, 0.1) is 18.2 Å². The van der Waals surface area contributed by atoms with Gasteiger partial charge in [-0.2, -0.15) is 0 Å². The summed E-state index contributed by atoms with van der Waals surface area (Å²) in [5.74, 6) is -0.920. The summed E-state index contributed by atoms with van der Waals surface area (Å²) in [4.78, 5) is 10.7. The molecule has 0 spiro atoms. The lowest BCUT2D eigenvalue weighted by atomic mass is 10.2. The Morgan fingerprint density at radius 3 is 2.94 bits per heavy atom. The Hall–Kier alpha value is -1.07. The minimum atomic E-state index is -0.920. The summed E-state index contributed by atoms with van der Waals surface area (Å²) < 4.78 is 6.02. The fourth-order valence-corrected chi connectivity index (χ4v) is 2.13. The van der Waals surface area contributed by atoms with Gasteiger partial charge in [0.2, 0.25) is 0 Å². The van der Waals surface area contributed by atoms with Crippen molar-refractivity contribution in [2.75, 3.05) is 18.5 Å². The van der Waals surface area contributed by atoms with Gasteiger partial charge < -0.3 is 15.2 Å². The molecule has 1 aromatic carbocycles. The van der Waals surface area contributed by atoms with Gasteiger partial charge in [-0.1, -0.05) is 0 Å². The third kappa shape index (κ3) is 2.54. The maximum absolute atomic E-state index is 10.7. The monoisotopic (exact) mass is 285 g/mol. The number of aromatic carboxylic acids is 1. The van der Waals surface area contributed by atoms with Crippen LogP contribution in [0.3, 0.4) is 0 Å². The smallest absolute Gasteiger partial charge is 0.335 e. The zero-order valence-electron chi connectivity index (χ0n) is 8.57. The molecule has 4 nitrogen and oxygen atoms in total. The van der Waals surface area contributed by atoms with E-state index in [0.717, 1.165) is 23.2 Å². The molecule has 16 heavy (non-hydrogen) atoms. The first kappa shape index (κ1) is 11.4. The lowest BCUT2D eigenvalue weighted by molar-refractivity contribution is 0.0697. The first-order chi connectivity index (χ1) is 7.66. The number of carbonyl (C=O) groups is 1. The number of carboxylic acid groups (broad SMARTS) is 1. The highest BCUT2D eigenvalue weighted by Crippen LogP contribution is 2.25.